The second-order valence-corrected chi connectivity index (χ2v) is 7.32. The van der Waals surface area contributed by atoms with Crippen molar-refractivity contribution in [1.82, 2.24) is 4.90 Å². The van der Waals surface area contributed by atoms with E-state index in [1.165, 1.54) is 19.3 Å². The predicted octanol–water partition coefficient (Wildman–Crippen LogP) is 3.47. The van der Waals surface area contributed by atoms with E-state index in [-0.39, 0.29) is 17.2 Å². The maximum Gasteiger partial charge on any atom is 0.253 e. The molecule has 2 amide bonds. The Morgan fingerprint density at radius 1 is 1.09 bits per heavy atom. The van der Waals surface area contributed by atoms with Crippen LogP contribution in [0, 0.1) is 5.41 Å². The maximum absolute atomic E-state index is 12.5. The maximum atomic E-state index is 12.5. The van der Waals surface area contributed by atoms with Gasteiger partial charge in [-0.25, -0.2) is 0 Å². The summed E-state index contributed by atoms with van der Waals surface area (Å²) >= 11 is 0. The van der Waals surface area contributed by atoms with Crippen molar-refractivity contribution in [3.05, 3.63) is 29.8 Å². The molecule has 3 rings (SSSR count). The largest absolute Gasteiger partial charge is 0.339 e. The molecule has 0 aromatic heterocycles. The van der Waals surface area contributed by atoms with Gasteiger partial charge in [-0.1, -0.05) is 6.92 Å². The number of piperidine rings is 1. The Kier molecular flexibility index (Phi) is 4.42. The van der Waals surface area contributed by atoms with Crippen molar-refractivity contribution in [2.75, 3.05) is 24.5 Å². The van der Waals surface area contributed by atoms with Crippen molar-refractivity contribution < 1.29 is 9.59 Å². The van der Waals surface area contributed by atoms with Gasteiger partial charge in [0.25, 0.3) is 5.91 Å². The van der Waals surface area contributed by atoms with Crippen molar-refractivity contribution in [3.8, 4) is 0 Å². The van der Waals surface area contributed by atoms with Gasteiger partial charge in [0.15, 0.2) is 0 Å². The number of hydrogen-bond donors (Lipinski definition) is 0. The van der Waals surface area contributed by atoms with Crippen LogP contribution in [-0.2, 0) is 4.79 Å². The van der Waals surface area contributed by atoms with Gasteiger partial charge in [0, 0.05) is 37.8 Å². The molecule has 0 unspecified atom stereocenters. The molecule has 1 aromatic carbocycles. The first kappa shape index (κ1) is 16.0. The first-order valence-corrected chi connectivity index (χ1v) is 8.66. The molecule has 1 saturated carbocycles. The molecule has 0 bridgehead atoms. The minimum atomic E-state index is 0.0632. The first-order valence-electron chi connectivity index (χ1n) is 8.66. The number of carbonyl (C=O) groups is 2. The molecule has 1 saturated heterocycles. The quantitative estimate of drug-likeness (QED) is 0.854. The standard InChI is InChI=1S/C19H26N2O2/c1-15(22)21(14-19(2)10-11-19)17-8-6-16(7-9-17)18(23)20-12-4-3-5-13-20/h6-9H,3-5,10-14H2,1-2H3. The zero-order valence-electron chi connectivity index (χ0n) is 14.2. The molecule has 0 N–H and O–H groups in total. The third kappa shape index (κ3) is 3.74. The second-order valence-electron chi connectivity index (χ2n) is 7.32. The normalized spacial score (nSPS) is 19.3. The highest BCUT2D eigenvalue weighted by molar-refractivity contribution is 5.96. The molecule has 1 aliphatic carbocycles. The molecule has 124 valence electrons. The predicted molar refractivity (Wildman–Crippen MR) is 91.6 cm³/mol. The number of likely N-dealkylation sites (tertiary alicyclic amines) is 1. The van der Waals surface area contributed by atoms with Crippen LogP contribution in [0.2, 0.25) is 0 Å². The highest BCUT2D eigenvalue weighted by Gasteiger charge is 2.39. The van der Waals surface area contributed by atoms with Crippen molar-refractivity contribution in [2.45, 2.75) is 46.0 Å². The van der Waals surface area contributed by atoms with E-state index in [9.17, 15) is 9.59 Å². The van der Waals surface area contributed by atoms with Crippen molar-refractivity contribution in [2.24, 2.45) is 5.41 Å². The molecule has 1 heterocycles. The average molecular weight is 314 g/mol. The third-order valence-corrected chi connectivity index (χ3v) is 5.09. The molecule has 0 spiro atoms. The molecule has 2 aliphatic rings. The molecule has 4 heteroatoms. The van der Waals surface area contributed by atoms with Gasteiger partial charge in [0.05, 0.1) is 0 Å². The first-order chi connectivity index (χ1) is 11.0. The number of hydrogen-bond acceptors (Lipinski definition) is 2. The van der Waals surface area contributed by atoms with E-state index in [0.29, 0.717) is 0 Å². The number of nitrogens with zero attached hydrogens (tertiary/aromatic N) is 2. The summed E-state index contributed by atoms with van der Waals surface area (Å²) in [6, 6.07) is 7.53. The van der Waals surface area contributed by atoms with Gasteiger partial charge in [0.2, 0.25) is 5.91 Å². The number of anilines is 1. The Morgan fingerprint density at radius 2 is 1.70 bits per heavy atom. The third-order valence-electron chi connectivity index (χ3n) is 5.09. The van der Waals surface area contributed by atoms with E-state index in [1.54, 1.807) is 6.92 Å². The summed E-state index contributed by atoms with van der Waals surface area (Å²) in [5.74, 6) is 0.174. The molecule has 2 fully saturated rings. The number of benzene rings is 1. The van der Waals surface area contributed by atoms with Crippen LogP contribution in [0.3, 0.4) is 0 Å². The molecule has 0 atom stereocenters. The topological polar surface area (TPSA) is 40.6 Å². The summed E-state index contributed by atoms with van der Waals surface area (Å²) < 4.78 is 0. The van der Waals surface area contributed by atoms with Crippen LogP contribution in [0.5, 0.6) is 0 Å². The fourth-order valence-electron chi connectivity index (χ4n) is 3.20. The lowest BCUT2D eigenvalue weighted by Crippen LogP contribution is -2.36. The van der Waals surface area contributed by atoms with E-state index in [4.69, 9.17) is 0 Å². The summed E-state index contributed by atoms with van der Waals surface area (Å²) in [4.78, 5) is 28.2. The summed E-state index contributed by atoms with van der Waals surface area (Å²) in [5, 5.41) is 0. The van der Waals surface area contributed by atoms with E-state index in [1.807, 2.05) is 34.1 Å². The number of carbonyl (C=O) groups excluding carboxylic acids is 2. The summed E-state index contributed by atoms with van der Waals surface area (Å²) in [7, 11) is 0. The van der Waals surface area contributed by atoms with Gasteiger partial charge in [0.1, 0.15) is 0 Å². The van der Waals surface area contributed by atoms with Crippen LogP contribution >= 0.6 is 0 Å². The van der Waals surface area contributed by atoms with Gasteiger partial charge < -0.3 is 9.80 Å². The number of rotatable bonds is 4. The zero-order chi connectivity index (χ0) is 16.4. The fourth-order valence-corrected chi connectivity index (χ4v) is 3.20. The van der Waals surface area contributed by atoms with Gasteiger partial charge in [-0.3, -0.25) is 9.59 Å². The minimum absolute atomic E-state index is 0.0632. The van der Waals surface area contributed by atoms with Crippen molar-refractivity contribution >= 4 is 17.5 Å². The highest BCUT2D eigenvalue weighted by Crippen LogP contribution is 2.46. The Labute approximate surface area is 138 Å². The molecule has 23 heavy (non-hydrogen) atoms. The van der Waals surface area contributed by atoms with Gasteiger partial charge in [-0.2, -0.15) is 0 Å². The van der Waals surface area contributed by atoms with Gasteiger partial charge >= 0.3 is 0 Å². The zero-order valence-corrected chi connectivity index (χ0v) is 14.2. The lowest BCUT2D eigenvalue weighted by molar-refractivity contribution is -0.116. The summed E-state index contributed by atoms with van der Waals surface area (Å²) in [6.45, 7) is 6.31. The molecular formula is C19H26N2O2. The highest BCUT2D eigenvalue weighted by atomic mass is 16.2. The summed E-state index contributed by atoms with van der Waals surface area (Å²) in [6.07, 6.45) is 5.78. The summed E-state index contributed by atoms with van der Waals surface area (Å²) in [5.41, 5.74) is 1.88. The Bertz CT molecular complexity index is 584. The Morgan fingerprint density at radius 3 is 2.22 bits per heavy atom. The molecule has 4 nitrogen and oxygen atoms in total. The van der Waals surface area contributed by atoms with E-state index in [2.05, 4.69) is 6.92 Å². The molecular weight excluding hydrogens is 288 g/mol. The molecule has 1 aliphatic heterocycles. The second kappa shape index (κ2) is 6.34. The van der Waals surface area contributed by atoms with E-state index in [0.717, 1.165) is 43.7 Å². The van der Waals surface area contributed by atoms with E-state index < -0.39 is 0 Å². The van der Waals surface area contributed by atoms with Crippen molar-refractivity contribution in [1.29, 1.82) is 0 Å². The van der Waals surface area contributed by atoms with Crippen LogP contribution in [0.15, 0.2) is 24.3 Å². The monoisotopic (exact) mass is 314 g/mol. The minimum Gasteiger partial charge on any atom is -0.339 e. The van der Waals surface area contributed by atoms with Gasteiger partial charge in [-0.05, 0) is 61.8 Å². The van der Waals surface area contributed by atoms with Crippen LogP contribution in [0.1, 0.15) is 56.3 Å². The fraction of sp³-hybridized carbons (Fsp3) is 0.579. The van der Waals surface area contributed by atoms with Crippen LogP contribution in [0.25, 0.3) is 0 Å². The van der Waals surface area contributed by atoms with E-state index >= 15 is 0 Å². The van der Waals surface area contributed by atoms with Crippen LogP contribution in [-0.4, -0.2) is 36.3 Å². The lowest BCUT2D eigenvalue weighted by Gasteiger charge is -2.27. The van der Waals surface area contributed by atoms with Crippen LogP contribution in [0.4, 0.5) is 5.69 Å². The number of amides is 2. The average Bonchev–Trinajstić information content (AvgIpc) is 3.30. The SMILES string of the molecule is CC(=O)N(CC1(C)CC1)c1ccc(C(=O)N2CCCCC2)cc1. The Hall–Kier alpha value is -1.84. The van der Waals surface area contributed by atoms with Crippen molar-refractivity contribution in [3.63, 3.8) is 0 Å². The molecule has 1 aromatic rings. The molecule has 0 radical (unpaired) electrons. The smallest absolute Gasteiger partial charge is 0.253 e. The Balaban J connectivity index is 1.72. The lowest BCUT2D eigenvalue weighted by atomic mass is 10.1. The van der Waals surface area contributed by atoms with Crippen LogP contribution < -0.4 is 4.90 Å². The van der Waals surface area contributed by atoms with Gasteiger partial charge in [-0.15, -0.1) is 0 Å².